The zero-order valence-corrected chi connectivity index (χ0v) is 25.4. The van der Waals surface area contributed by atoms with E-state index in [1.54, 1.807) is 42.5 Å². The van der Waals surface area contributed by atoms with Crippen molar-refractivity contribution in [2.45, 2.75) is 50.7 Å². The molecule has 0 atom stereocenters. The van der Waals surface area contributed by atoms with Crippen LogP contribution < -0.4 is 4.74 Å². The van der Waals surface area contributed by atoms with Crippen molar-refractivity contribution in [1.29, 1.82) is 0 Å². The van der Waals surface area contributed by atoms with Crippen molar-refractivity contribution in [1.82, 2.24) is 5.16 Å². The van der Waals surface area contributed by atoms with Crippen molar-refractivity contribution in [3.63, 3.8) is 0 Å². The van der Waals surface area contributed by atoms with E-state index in [1.807, 2.05) is 0 Å². The second-order valence-electron chi connectivity index (χ2n) is 10.7. The molecule has 2 saturated carbocycles. The van der Waals surface area contributed by atoms with Gasteiger partial charge in [-0.1, -0.05) is 58.7 Å². The first kappa shape index (κ1) is 30.2. The highest BCUT2D eigenvalue weighted by molar-refractivity contribution is 6.39. The summed E-state index contributed by atoms with van der Waals surface area (Å²) in [6, 6.07) is 10.5. The number of aliphatic carboxylic acids is 1. The number of halogens is 3. The Hall–Kier alpha value is -3.23. The predicted octanol–water partition coefficient (Wildman–Crippen LogP) is 8.47. The lowest BCUT2D eigenvalue weighted by molar-refractivity contribution is -0.132. The fourth-order valence-electron chi connectivity index (χ4n) is 5.17. The van der Waals surface area contributed by atoms with Gasteiger partial charge < -0.3 is 24.2 Å². The molecule has 10 heteroatoms. The number of methoxy groups -OCH3 is 1. The molecule has 0 bridgehead atoms. The maximum Gasteiger partial charge on any atom is 0.331 e. The molecule has 220 valence electrons. The molecule has 42 heavy (non-hydrogen) atoms. The number of allylic oxidation sites excluding steroid dienone is 3. The molecule has 2 aliphatic rings. The normalized spacial score (nSPS) is 20.7. The lowest BCUT2D eigenvalue weighted by Gasteiger charge is -2.45. The van der Waals surface area contributed by atoms with Gasteiger partial charge in [0, 0.05) is 22.6 Å². The van der Waals surface area contributed by atoms with E-state index in [1.165, 1.54) is 20.1 Å². The molecule has 0 saturated heterocycles. The number of carbonyl (C=O) groups is 1. The van der Waals surface area contributed by atoms with Crippen molar-refractivity contribution < 1.29 is 29.0 Å². The third-order valence-electron chi connectivity index (χ3n) is 7.81. The molecule has 1 heterocycles. The molecular formula is C32H30Cl3NO6. The maximum absolute atomic E-state index is 11.4. The van der Waals surface area contributed by atoms with Gasteiger partial charge in [-0.05, 0) is 80.5 Å². The molecule has 1 aromatic heterocycles. The van der Waals surface area contributed by atoms with Crippen LogP contribution in [0.4, 0.5) is 0 Å². The summed E-state index contributed by atoms with van der Waals surface area (Å²) in [7, 11) is 1.50. The zero-order valence-electron chi connectivity index (χ0n) is 23.1. The Labute approximate surface area is 259 Å². The number of rotatable bonds is 11. The summed E-state index contributed by atoms with van der Waals surface area (Å²) in [5.74, 6) is 0.986. The van der Waals surface area contributed by atoms with Gasteiger partial charge in [-0.2, -0.15) is 0 Å². The quantitative estimate of drug-likeness (QED) is 0.124. The minimum atomic E-state index is -1.14. The molecule has 2 N–H and O–H groups in total. The number of nitrogens with zero attached hydrogens (tertiary/aromatic N) is 1. The topological polar surface area (TPSA) is 102 Å². The van der Waals surface area contributed by atoms with Crippen molar-refractivity contribution in [3.05, 3.63) is 104 Å². The Balaban J connectivity index is 1.29. The van der Waals surface area contributed by atoms with Crippen LogP contribution in [0, 0.1) is 5.92 Å². The number of benzene rings is 2. The van der Waals surface area contributed by atoms with Gasteiger partial charge in [-0.3, -0.25) is 0 Å². The smallest absolute Gasteiger partial charge is 0.331 e. The fraction of sp³-hybridized carbons (Fsp3) is 0.312. The highest BCUT2D eigenvalue weighted by Crippen LogP contribution is 2.52. The Morgan fingerprint density at radius 1 is 1.14 bits per heavy atom. The summed E-state index contributed by atoms with van der Waals surface area (Å²) < 4.78 is 17.3. The summed E-state index contributed by atoms with van der Waals surface area (Å²) >= 11 is 19.6. The largest absolute Gasteiger partial charge is 0.496 e. The van der Waals surface area contributed by atoms with Gasteiger partial charge in [-0.15, -0.1) is 0 Å². The van der Waals surface area contributed by atoms with E-state index in [2.05, 4.69) is 11.7 Å². The minimum absolute atomic E-state index is 0.0591. The first-order valence-corrected chi connectivity index (χ1v) is 14.6. The number of ether oxygens (including phenoxy) is 2. The summed E-state index contributed by atoms with van der Waals surface area (Å²) in [6.07, 6.45) is 5.86. The third-order valence-corrected chi connectivity index (χ3v) is 8.75. The van der Waals surface area contributed by atoms with Gasteiger partial charge in [0.25, 0.3) is 0 Å². The summed E-state index contributed by atoms with van der Waals surface area (Å²) in [5.41, 5.74) is 2.26. The molecule has 2 fully saturated rings. The van der Waals surface area contributed by atoms with Crippen molar-refractivity contribution in [2.24, 2.45) is 5.92 Å². The summed E-state index contributed by atoms with van der Waals surface area (Å²) in [6.45, 7) is 5.79. The van der Waals surface area contributed by atoms with Crippen LogP contribution in [0.15, 0.2) is 76.6 Å². The lowest BCUT2D eigenvalue weighted by Crippen LogP contribution is -2.42. The van der Waals surface area contributed by atoms with Crippen LogP contribution in [0.3, 0.4) is 0 Å². The Morgan fingerprint density at radius 2 is 1.83 bits per heavy atom. The summed E-state index contributed by atoms with van der Waals surface area (Å²) in [4.78, 5) is 11.1. The number of aromatic nitrogens is 1. The molecule has 0 spiro atoms. The monoisotopic (exact) mass is 629 g/mol. The van der Waals surface area contributed by atoms with Crippen LogP contribution in [0.5, 0.6) is 5.75 Å². The van der Waals surface area contributed by atoms with Crippen LogP contribution in [0.1, 0.15) is 55.4 Å². The number of hydrogen-bond donors (Lipinski definition) is 2. The number of aliphatic hydroxyl groups is 1. The Morgan fingerprint density at radius 3 is 2.43 bits per heavy atom. The van der Waals surface area contributed by atoms with E-state index in [0.29, 0.717) is 67.7 Å². The first-order chi connectivity index (χ1) is 20.0. The second-order valence-corrected chi connectivity index (χ2v) is 11.9. The van der Waals surface area contributed by atoms with Crippen LogP contribution in [-0.4, -0.2) is 28.4 Å². The van der Waals surface area contributed by atoms with Crippen LogP contribution >= 0.6 is 34.8 Å². The van der Waals surface area contributed by atoms with E-state index in [0.717, 1.165) is 24.2 Å². The van der Waals surface area contributed by atoms with Crippen molar-refractivity contribution in [3.8, 4) is 17.0 Å². The molecule has 0 aliphatic heterocycles. The van der Waals surface area contributed by atoms with Crippen LogP contribution in [-0.2, 0) is 21.7 Å². The molecule has 3 aromatic rings. The average Bonchev–Trinajstić information content (AvgIpc) is 3.70. The van der Waals surface area contributed by atoms with E-state index in [4.69, 9.17) is 53.9 Å². The summed E-state index contributed by atoms with van der Waals surface area (Å²) in [5, 5.41) is 26.1. The second kappa shape index (κ2) is 12.2. The average molecular weight is 631 g/mol. The van der Waals surface area contributed by atoms with Gasteiger partial charge in [-0.25, -0.2) is 4.79 Å². The molecule has 2 aliphatic carbocycles. The Bertz CT molecular complexity index is 1580. The van der Waals surface area contributed by atoms with Crippen LogP contribution in [0.2, 0.25) is 15.1 Å². The molecule has 7 nitrogen and oxygen atoms in total. The molecule has 5 rings (SSSR count). The minimum Gasteiger partial charge on any atom is -0.496 e. The fourth-order valence-corrected chi connectivity index (χ4v) is 6.09. The molecule has 0 unspecified atom stereocenters. The van der Waals surface area contributed by atoms with Crippen molar-refractivity contribution in [2.75, 3.05) is 7.11 Å². The van der Waals surface area contributed by atoms with E-state index in [9.17, 15) is 9.90 Å². The van der Waals surface area contributed by atoms with Gasteiger partial charge in [0.2, 0.25) is 0 Å². The first-order valence-electron chi connectivity index (χ1n) is 13.5. The Kier molecular flexibility index (Phi) is 8.76. The molecule has 0 radical (unpaired) electrons. The van der Waals surface area contributed by atoms with E-state index >= 15 is 0 Å². The number of hydrogen-bond acceptors (Lipinski definition) is 6. The van der Waals surface area contributed by atoms with Gasteiger partial charge in [0.1, 0.15) is 29.6 Å². The molecule has 0 amide bonds. The number of carboxylic acid groups (broad SMARTS) is 1. The van der Waals surface area contributed by atoms with Gasteiger partial charge in [0.05, 0.1) is 33.3 Å². The third kappa shape index (κ3) is 6.11. The van der Waals surface area contributed by atoms with Gasteiger partial charge in [0.15, 0.2) is 0 Å². The van der Waals surface area contributed by atoms with Crippen LogP contribution in [0.25, 0.3) is 11.3 Å². The molecule has 2 aromatic carbocycles. The number of carboxylic acids is 1. The van der Waals surface area contributed by atoms with Crippen molar-refractivity contribution >= 4 is 40.8 Å². The van der Waals surface area contributed by atoms with E-state index < -0.39 is 11.6 Å². The maximum atomic E-state index is 11.4. The predicted molar refractivity (Wildman–Crippen MR) is 162 cm³/mol. The SMILES string of the molecule is C=C(/C(=C\C=C(/C)C(=O)O)OC)C1CC(O)(c2ccc(OCc3c(-c4c(Cl)cccc4Cl)noc3C3CC3)cc2Cl)C1. The molecular weight excluding hydrogens is 601 g/mol. The highest BCUT2D eigenvalue weighted by Gasteiger charge is 2.46. The zero-order chi connectivity index (χ0) is 30.2. The lowest BCUT2D eigenvalue weighted by atomic mass is 9.64. The van der Waals surface area contributed by atoms with E-state index in [-0.39, 0.29) is 18.1 Å². The van der Waals surface area contributed by atoms with Gasteiger partial charge >= 0.3 is 5.97 Å². The standard InChI is InChI=1S/C32H30Cl3NO6/c1-17(31(37)38)7-12-27(40-3)18(2)20-14-32(39,15-20)23-11-10-21(13-26(23)35)41-16-22-29(36-42-30(22)19-8-9-19)28-24(33)5-4-6-25(28)34/h4-7,10-13,19-20,39H,2,8-9,14-16H2,1,3H3,(H,37,38)/b17-7+,27-12+. The highest BCUT2D eigenvalue weighted by atomic mass is 35.5.